The van der Waals surface area contributed by atoms with E-state index in [0.717, 1.165) is 56.6 Å². The third-order valence-electron chi connectivity index (χ3n) is 6.63. The Balaban J connectivity index is 1.34. The van der Waals surface area contributed by atoms with Crippen LogP contribution in [0.4, 0.5) is 4.39 Å². The van der Waals surface area contributed by atoms with Gasteiger partial charge in [-0.15, -0.1) is 0 Å². The number of carbonyl (C=O) groups excluding carboxylic acids is 1. The van der Waals surface area contributed by atoms with Crippen molar-refractivity contribution in [3.63, 3.8) is 0 Å². The van der Waals surface area contributed by atoms with Gasteiger partial charge in [-0.25, -0.2) is 4.39 Å². The van der Waals surface area contributed by atoms with E-state index in [-0.39, 0.29) is 18.1 Å². The molecular weight excluding hydrogens is 415 g/mol. The standard InChI is InChI=1S/C28H33FN2O2/c1-28(2,33)14-12-21-8-10-22(11-9-21)19-30-15-4-6-24-20-31(16-13-26(24)30)27(32)18-23-5-3-7-25(29)17-23/h3,5,7-11,17,24,26,33H,4,6,13,15-16,18-20H2,1-2H3/t24-,26+/m1/s1. The average Bonchev–Trinajstić information content (AvgIpc) is 2.78. The minimum Gasteiger partial charge on any atom is -0.378 e. The number of rotatable bonds is 4. The van der Waals surface area contributed by atoms with Crippen LogP contribution < -0.4 is 0 Å². The lowest BCUT2D eigenvalue weighted by Crippen LogP contribution is -2.55. The van der Waals surface area contributed by atoms with Crippen molar-refractivity contribution in [1.29, 1.82) is 0 Å². The summed E-state index contributed by atoms with van der Waals surface area (Å²) in [5.41, 5.74) is 1.91. The van der Waals surface area contributed by atoms with Crippen molar-refractivity contribution in [2.75, 3.05) is 19.6 Å². The zero-order valence-corrected chi connectivity index (χ0v) is 19.6. The van der Waals surface area contributed by atoms with Gasteiger partial charge in [0.25, 0.3) is 0 Å². The van der Waals surface area contributed by atoms with Gasteiger partial charge in [-0.1, -0.05) is 36.1 Å². The lowest BCUT2D eigenvalue weighted by molar-refractivity contribution is -0.134. The van der Waals surface area contributed by atoms with Crippen molar-refractivity contribution in [3.8, 4) is 11.8 Å². The molecule has 0 aromatic heterocycles. The average molecular weight is 449 g/mol. The fourth-order valence-corrected chi connectivity index (χ4v) is 5.02. The number of hydrogen-bond acceptors (Lipinski definition) is 3. The van der Waals surface area contributed by atoms with E-state index < -0.39 is 5.60 Å². The Kier molecular flexibility index (Phi) is 7.17. The lowest BCUT2D eigenvalue weighted by Gasteiger charge is -2.47. The van der Waals surface area contributed by atoms with Gasteiger partial charge in [-0.05, 0) is 81.0 Å². The maximum absolute atomic E-state index is 13.5. The second kappa shape index (κ2) is 10.1. The molecule has 2 fully saturated rings. The van der Waals surface area contributed by atoms with Gasteiger partial charge in [0.1, 0.15) is 11.4 Å². The van der Waals surface area contributed by atoms with Crippen LogP contribution in [0.2, 0.25) is 0 Å². The Morgan fingerprint density at radius 3 is 2.64 bits per heavy atom. The van der Waals surface area contributed by atoms with E-state index in [1.165, 1.54) is 17.7 Å². The molecule has 4 nitrogen and oxygen atoms in total. The zero-order chi connectivity index (χ0) is 23.4. The van der Waals surface area contributed by atoms with Gasteiger partial charge in [0.15, 0.2) is 0 Å². The molecule has 0 spiro atoms. The van der Waals surface area contributed by atoms with Gasteiger partial charge in [0.05, 0.1) is 6.42 Å². The highest BCUT2D eigenvalue weighted by Crippen LogP contribution is 2.32. The van der Waals surface area contributed by atoms with Crippen molar-refractivity contribution in [3.05, 3.63) is 71.0 Å². The second-order valence-corrected chi connectivity index (χ2v) is 9.88. The molecule has 0 unspecified atom stereocenters. The Morgan fingerprint density at radius 1 is 1.12 bits per heavy atom. The predicted molar refractivity (Wildman–Crippen MR) is 128 cm³/mol. The SMILES string of the molecule is CC(C)(O)C#Cc1ccc(CN2CCC[C@@H]3CN(C(=O)Cc4cccc(F)c4)CC[C@@H]32)cc1. The minimum absolute atomic E-state index is 0.0962. The number of benzene rings is 2. The normalized spacial score (nSPS) is 21.2. The van der Waals surface area contributed by atoms with E-state index in [9.17, 15) is 14.3 Å². The van der Waals surface area contributed by atoms with E-state index in [1.54, 1.807) is 19.9 Å². The first kappa shape index (κ1) is 23.5. The third-order valence-corrected chi connectivity index (χ3v) is 6.63. The number of amides is 1. The molecule has 2 aliphatic rings. The summed E-state index contributed by atoms with van der Waals surface area (Å²) in [6.45, 7) is 6.90. The van der Waals surface area contributed by atoms with Gasteiger partial charge in [-0.2, -0.15) is 0 Å². The van der Waals surface area contributed by atoms with Crippen LogP contribution >= 0.6 is 0 Å². The largest absolute Gasteiger partial charge is 0.378 e. The quantitative estimate of drug-likeness (QED) is 0.719. The zero-order valence-electron chi connectivity index (χ0n) is 19.6. The summed E-state index contributed by atoms with van der Waals surface area (Å²) < 4.78 is 13.5. The van der Waals surface area contributed by atoms with Crippen molar-refractivity contribution in [1.82, 2.24) is 9.80 Å². The Morgan fingerprint density at radius 2 is 1.91 bits per heavy atom. The summed E-state index contributed by atoms with van der Waals surface area (Å²) in [6.07, 6.45) is 3.54. The number of piperidine rings is 2. The van der Waals surface area contributed by atoms with Crippen molar-refractivity contribution in [2.45, 2.75) is 57.7 Å². The van der Waals surface area contributed by atoms with Crippen molar-refractivity contribution >= 4 is 5.91 Å². The monoisotopic (exact) mass is 448 g/mol. The van der Waals surface area contributed by atoms with Crippen LogP contribution in [0.25, 0.3) is 0 Å². The van der Waals surface area contributed by atoms with Gasteiger partial charge in [0.2, 0.25) is 5.91 Å². The van der Waals surface area contributed by atoms with Crippen molar-refractivity contribution in [2.24, 2.45) is 5.92 Å². The summed E-state index contributed by atoms with van der Waals surface area (Å²) in [4.78, 5) is 17.4. The smallest absolute Gasteiger partial charge is 0.227 e. The number of fused-ring (bicyclic) bond motifs is 1. The second-order valence-electron chi connectivity index (χ2n) is 9.88. The molecule has 2 heterocycles. The number of carbonyl (C=O) groups is 1. The molecule has 4 rings (SSSR count). The summed E-state index contributed by atoms with van der Waals surface area (Å²) in [5.74, 6) is 6.17. The summed E-state index contributed by atoms with van der Waals surface area (Å²) in [7, 11) is 0. The molecule has 0 saturated carbocycles. The van der Waals surface area contributed by atoms with Crippen LogP contribution in [-0.2, 0) is 17.8 Å². The summed E-state index contributed by atoms with van der Waals surface area (Å²) in [5, 5.41) is 9.78. The van der Waals surface area contributed by atoms with Crippen LogP contribution in [-0.4, -0.2) is 52.1 Å². The Hall–Kier alpha value is -2.68. The molecule has 2 saturated heterocycles. The molecule has 0 bridgehead atoms. The lowest BCUT2D eigenvalue weighted by atomic mass is 9.83. The maximum atomic E-state index is 13.5. The first-order valence-electron chi connectivity index (χ1n) is 11.9. The van der Waals surface area contributed by atoms with E-state index in [1.807, 2.05) is 23.1 Å². The van der Waals surface area contributed by atoms with Crippen LogP contribution in [0.5, 0.6) is 0 Å². The van der Waals surface area contributed by atoms with E-state index in [4.69, 9.17) is 0 Å². The van der Waals surface area contributed by atoms with Crippen LogP contribution in [0, 0.1) is 23.6 Å². The highest BCUT2D eigenvalue weighted by molar-refractivity contribution is 5.78. The van der Waals surface area contributed by atoms with Crippen molar-refractivity contribution < 1.29 is 14.3 Å². The van der Waals surface area contributed by atoms with Gasteiger partial charge in [0, 0.05) is 31.2 Å². The first-order valence-corrected chi connectivity index (χ1v) is 11.9. The molecule has 0 aliphatic carbocycles. The van der Waals surface area contributed by atoms with Crippen LogP contribution in [0.1, 0.15) is 49.8 Å². The molecule has 33 heavy (non-hydrogen) atoms. The Bertz CT molecular complexity index is 1030. The molecule has 5 heteroatoms. The molecule has 2 aromatic carbocycles. The summed E-state index contributed by atoms with van der Waals surface area (Å²) in [6, 6.07) is 15.1. The van der Waals surface area contributed by atoms with Crippen LogP contribution in [0.3, 0.4) is 0 Å². The fraction of sp³-hybridized carbons (Fsp3) is 0.464. The molecule has 2 atom stereocenters. The molecule has 174 valence electrons. The number of hydrogen-bond donors (Lipinski definition) is 1. The topological polar surface area (TPSA) is 43.8 Å². The molecular formula is C28H33FN2O2. The van der Waals surface area contributed by atoms with E-state index in [2.05, 4.69) is 28.9 Å². The third kappa shape index (κ3) is 6.43. The number of aliphatic hydroxyl groups is 1. The van der Waals surface area contributed by atoms with E-state index in [0.29, 0.717) is 12.0 Å². The van der Waals surface area contributed by atoms with Gasteiger partial charge < -0.3 is 10.0 Å². The van der Waals surface area contributed by atoms with E-state index >= 15 is 0 Å². The first-order chi connectivity index (χ1) is 15.8. The highest BCUT2D eigenvalue weighted by atomic mass is 19.1. The number of likely N-dealkylation sites (tertiary alicyclic amines) is 2. The number of halogens is 1. The highest BCUT2D eigenvalue weighted by Gasteiger charge is 2.37. The molecule has 1 amide bonds. The predicted octanol–water partition coefficient (Wildman–Crippen LogP) is 4.00. The molecule has 2 aliphatic heterocycles. The van der Waals surface area contributed by atoms with Gasteiger partial charge in [-0.3, -0.25) is 9.69 Å². The summed E-state index contributed by atoms with van der Waals surface area (Å²) >= 11 is 0. The Labute approximate surface area is 196 Å². The minimum atomic E-state index is -0.991. The fourth-order valence-electron chi connectivity index (χ4n) is 5.02. The molecule has 1 N–H and O–H groups in total. The molecule has 2 aromatic rings. The number of nitrogens with zero attached hydrogens (tertiary/aromatic N) is 2. The molecule has 0 radical (unpaired) electrons. The van der Waals surface area contributed by atoms with Gasteiger partial charge >= 0.3 is 0 Å². The maximum Gasteiger partial charge on any atom is 0.227 e. The van der Waals surface area contributed by atoms with Crippen LogP contribution in [0.15, 0.2) is 48.5 Å².